The Bertz CT molecular complexity index is 1370. The van der Waals surface area contributed by atoms with Gasteiger partial charge in [0.25, 0.3) is 0 Å². The highest BCUT2D eigenvalue weighted by molar-refractivity contribution is 6.05. The quantitative estimate of drug-likeness (QED) is 0.309. The fourth-order valence-electron chi connectivity index (χ4n) is 4.73. The fourth-order valence-corrected chi connectivity index (χ4v) is 4.73. The van der Waals surface area contributed by atoms with Crippen LogP contribution in [0.4, 0.5) is 32.3 Å². The molecular formula is C30H26N4O2. The number of hydrogen-bond donors (Lipinski definition) is 2. The first kappa shape index (κ1) is 22.9. The maximum absolute atomic E-state index is 11.8. The molecule has 0 spiro atoms. The fraction of sp³-hybridized carbons (Fsp3) is 0.0667. The summed E-state index contributed by atoms with van der Waals surface area (Å²) in [4.78, 5) is 26.7. The van der Waals surface area contributed by atoms with Crippen LogP contribution in [0.15, 0.2) is 97.1 Å². The van der Waals surface area contributed by atoms with Gasteiger partial charge in [-0.2, -0.15) is 0 Å². The number of nitrogens with zero attached hydrogens (tertiary/aromatic N) is 2. The SMILES string of the molecule is NC(=O)N1c2ccccc2C=Cc2ccccc21.NC(=O)N1c2ccccc2CCc2ccccc21. The van der Waals surface area contributed by atoms with Crippen molar-refractivity contribution in [2.75, 3.05) is 9.80 Å². The number of fused-ring (bicyclic) bond motifs is 4. The predicted octanol–water partition coefficient (Wildman–Crippen LogP) is 6.39. The van der Waals surface area contributed by atoms with E-state index >= 15 is 0 Å². The summed E-state index contributed by atoms with van der Waals surface area (Å²) in [7, 11) is 0. The van der Waals surface area contributed by atoms with E-state index in [-0.39, 0.29) is 0 Å². The maximum Gasteiger partial charge on any atom is 0.323 e. The third-order valence-electron chi connectivity index (χ3n) is 6.37. The summed E-state index contributed by atoms with van der Waals surface area (Å²) in [5.74, 6) is 0. The van der Waals surface area contributed by atoms with Gasteiger partial charge in [-0.1, -0.05) is 84.9 Å². The number of carbonyl (C=O) groups is 2. The minimum atomic E-state index is -0.474. The minimum Gasteiger partial charge on any atom is -0.351 e. The van der Waals surface area contributed by atoms with Crippen molar-refractivity contribution in [3.8, 4) is 0 Å². The van der Waals surface area contributed by atoms with E-state index in [2.05, 4.69) is 12.1 Å². The lowest BCUT2D eigenvalue weighted by Gasteiger charge is -2.22. The van der Waals surface area contributed by atoms with E-state index in [0.29, 0.717) is 0 Å². The van der Waals surface area contributed by atoms with Crippen LogP contribution in [0, 0.1) is 0 Å². The van der Waals surface area contributed by atoms with Crippen LogP contribution in [-0.4, -0.2) is 12.1 Å². The molecule has 4 aromatic carbocycles. The average Bonchev–Trinajstić information content (AvgIpc) is 3.17. The normalized spacial score (nSPS) is 13.0. The molecule has 2 aliphatic heterocycles. The van der Waals surface area contributed by atoms with Crippen molar-refractivity contribution in [2.45, 2.75) is 12.8 Å². The number of benzene rings is 4. The van der Waals surface area contributed by atoms with Gasteiger partial charge in [-0.05, 0) is 59.4 Å². The number of amides is 4. The molecular weight excluding hydrogens is 448 g/mol. The number of anilines is 4. The van der Waals surface area contributed by atoms with Crippen LogP contribution in [0.3, 0.4) is 0 Å². The van der Waals surface area contributed by atoms with Crippen LogP contribution in [0.1, 0.15) is 22.3 Å². The topological polar surface area (TPSA) is 92.7 Å². The van der Waals surface area contributed by atoms with Gasteiger partial charge >= 0.3 is 12.1 Å². The number of carbonyl (C=O) groups excluding carboxylic acids is 2. The van der Waals surface area contributed by atoms with Gasteiger partial charge in [0.05, 0.1) is 22.7 Å². The third-order valence-corrected chi connectivity index (χ3v) is 6.37. The molecule has 36 heavy (non-hydrogen) atoms. The lowest BCUT2D eigenvalue weighted by molar-refractivity contribution is 0.255. The zero-order valence-corrected chi connectivity index (χ0v) is 19.7. The molecule has 6 nitrogen and oxygen atoms in total. The zero-order valence-electron chi connectivity index (χ0n) is 19.7. The van der Waals surface area contributed by atoms with E-state index in [9.17, 15) is 9.59 Å². The number of rotatable bonds is 0. The van der Waals surface area contributed by atoms with E-state index in [1.165, 1.54) is 0 Å². The van der Waals surface area contributed by atoms with Crippen LogP contribution >= 0.6 is 0 Å². The van der Waals surface area contributed by atoms with Crippen LogP contribution in [0.5, 0.6) is 0 Å². The first-order chi connectivity index (χ1) is 17.5. The molecule has 6 rings (SSSR count). The van der Waals surface area contributed by atoms with Crippen molar-refractivity contribution in [1.82, 2.24) is 0 Å². The lowest BCUT2D eigenvalue weighted by Crippen LogP contribution is -2.32. The van der Waals surface area contributed by atoms with Gasteiger partial charge in [0, 0.05) is 0 Å². The smallest absolute Gasteiger partial charge is 0.323 e. The molecule has 0 atom stereocenters. The molecule has 178 valence electrons. The highest BCUT2D eigenvalue weighted by Crippen LogP contribution is 2.36. The van der Waals surface area contributed by atoms with Gasteiger partial charge in [-0.15, -0.1) is 0 Å². The van der Waals surface area contributed by atoms with Crippen LogP contribution in [0.2, 0.25) is 0 Å². The molecule has 0 bridgehead atoms. The molecule has 6 heteroatoms. The van der Waals surface area contributed by atoms with Crippen LogP contribution in [-0.2, 0) is 12.8 Å². The first-order valence-corrected chi connectivity index (χ1v) is 11.8. The second-order valence-electron chi connectivity index (χ2n) is 8.56. The Morgan fingerprint density at radius 1 is 0.500 bits per heavy atom. The number of hydrogen-bond acceptors (Lipinski definition) is 2. The first-order valence-electron chi connectivity index (χ1n) is 11.8. The van der Waals surface area contributed by atoms with Crippen LogP contribution < -0.4 is 21.3 Å². The molecule has 0 saturated carbocycles. The molecule has 4 N–H and O–H groups in total. The Hall–Kier alpha value is -4.84. The van der Waals surface area contributed by atoms with Gasteiger partial charge in [-0.25, -0.2) is 9.59 Å². The Morgan fingerprint density at radius 3 is 1.25 bits per heavy atom. The Kier molecular flexibility index (Phi) is 6.24. The molecule has 4 aromatic rings. The summed E-state index contributed by atoms with van der Waals surface area (Å²) >= 11 is 0. The second-order valence-corrected chi connectivity index (χ2v) is 8.56. The van der Waals surface area contributed by atoms with E-state index in [4.69, 9.17) is 11.5 Å². The largest absolute Gasteiger partial charge is 0.351 e. The summed E-state index contributed by atoms with van der Waals surface area (Å²) in [6.07, 6.45) is 5.85. The molecule has 0 aliphatic carbocycles. The van der Waals surface area contributed by atoms with Gasteiger partial charge in [0.1, 0.15) is 0 Å². The molecule has 0 aromatic heterocycles. The van der Waals surface area contributed by atoms with Crippen molar-refractivity contribution in [3.63, 3.8) is 0 Å². The van der Waals surface area contributed by atoms with Gasteiger partial charge < -0.3 is 11.5 Å². The van der Waals surface area contributed by atoms with E-state index < -0.39 is 12.1 Å². The number of nitrogens with two attached hydrogens (primary N) is 2. The van der Waals surface area contributed by atoms with Crippen molar-refractivity contribution < 1.29 is 9.59 Å². The highest BCUT2D eigenvalue weighted by Gasteiger charge is 2.23. The number of aryl methyl sites for hydroxylation is 2. The maximum atomic E-state index is 11.8. The third kappa shape index (κ3) is 4.32. The van der Waals surface area contributed by atoms with E-state index in [0.717, 1.165) is 57.8 Å². The van der Waals surface area contributed by atoms with E-state index in [1.54, 1.807) is 9.80 Å². The number of para-hydroxylation sites is 4. The standard InChI is InChI=1S/C15H14N2O.C15H12N2O/c2*16-15(18)17-13-7-3-1-5-11(13)9-10-12-6-2-4-8-14(12)17/h1-8H,9-10H2,(H2,16,18);1-10H,(H2,16,18). The zero-order chi connectivity index (χ0) is 25.1. The summed E-state index contributed by atoms with van der Waals surface area (Å²) in [5.41, 5.74) is 18.8. The molecule has 2 aliphatic rings. The minimum absolute atomic E-state index is 0.434. The summed E-state index contributed by atoms with van der Waals surface area (Å²) in [6, 6.07) is 30.4. The number of primary amides is 2. The molecule has 0 saturated heterocycles. The van der Waals surface area contributed by atoms with Gasteiger partial charge in [-0.3, -0.25) is 9.80 Å². The Labute approximate surface area is 210 Å². The molecule has 0 fully saturated rings. The Balaban J connectivity index is 0.000000148. The van der Waals surface area contributed by atoms with Crippen molar-refractivity contribution in [1.29, 1.82) is 0 Å². The molecule has 2 heterocycles. The van der Waals surface area contributed by atoms with Crippen molar-refractivity contribution in [2.24, 2.45) is 11.5 Å². The average molecular weight is 475 g/mol. The molecule has 0 radical (unpaired) electrons. The van der Waals surface area contributed by atoms with Gasteiger partial charge in [0.2, 0.25) is 0 Å². The van der Waals surface area contributed by atoms with Gasteiger partial charge in [0.15, 0.2) is 0 Å². The lowest BCUT2D eigenvalue weighted by atomic mass is 10.0. The monoisotopic (exact) mass is 474 g/mol. The Morgan fingerprint density at radius 2 is 0.833 bits per heavy atom. The van der Waals surface area contributed by atoms with Crippen LogP contribution in [0.25, 0.3) is 12.2 Å². The summed E-state index contributed by atoms with van der Waals surface area (Å²) in [5, 5.41) is 0. The van der Waals surface area contributed by atoms with E-state index in [1.807, 2.05) is 97.1 Å². The molecule has 4 amide bonds. The predicted molar refractivity (Wildman–Crippen MR) is 146 cm³/mol. The highest BCUT2D eigenvalue weighted by atomic mass is 16.2. The second kappa shape index (κ2) is 9.80. The van der Waals surface area contributed by atoms with Crippen molar-refractivity contribution >= 4 is 47.0 Å². The number of urea groups is 2. The van der Waals surface area contributed by atoms with Crippen molar-refractivity contribution in [3.05, 3.63) is 119 Å². The molecule has 0 unspecified atom stereocenters. The summed E-state index contributed by atoms with van der Waals surface area (Å²) in [6.45, 7) is 0. The summed E-state index contributed by atoms with van der Waals surface area (Å²) < 4.78 is 0.